The molecule has 0 saturated heterocycles. The van der Waals surface area contributed by atoms with E-state index in [2.05, 4.69) is 26.2 Å². The van der Waals surface area contributed by atoms with Crippen LogP contribution in [-0.4, -0.2) is 16.1 Å². The van der Waals surface area contributed by atoms with E-state index in [1.807, 2.05) is 25.1 Å². The summed E-state index contributed by atoms with van der Waals surface area (Å²) in [6, 6.07) is 6.06. The standard InChI is InChI=1S/C15H15BrN2O2S/c1-8-5-6-10(16)11(7-8)17-15-18-13-9(14(19)20)3-2-4-12(13)21-15/h5-7,9H,2-4H2,1H3,(H,17,18)(H,19,20). The van der Waals surface area contributed by atoms with Crippen molar-refractivity contribution >= 4 is 44.1 Å². The maximum atomic E-state index is 11.3. The van der Waals surface area contributed by atoms with Gasteiger partial charge in [0.1, 0.15) is 5.92 Å². The summed E-state index contributed by atoms with van der Waals surface area (Å²) >= 11 is 5.07. The summed E-state index contributed by atoms with van der Waals surface area (Å²) in [5.74, 6) is -1.23. The zero-order valence-electron chi connectivity index (χ0n) is 11.5. The van der Waals surface area contributed by atoms with Crippen LogP contribution in [0.1, 0.15) is 34.9 Å². The number of aliphatic carboxylic acids is 1. The van der Waals surface area contributed by atoms with Crippen molar-refractivity contribution in [3.05, 3.63) is 38.8 Å². The molecule has 21 heavy (non-hydrogen) atoms. The van der Waals surface area contributed by atoms with Gasteiger partial charge < -0.3 is 10.4 Å². The number of nitrogens with zero attached hydrogens (tertiary/aromatic N) is 1. The summed E-state index contributed by atoms with van der Waals surface area (Å²) in [5, 5.41) is 13.4. The lowest BCUT2D eigenvalue weighted by molar-refractivity contribution is -0.139. The number of thiazole rings is 1. The number of halogens is 1. The molecule has 4 nitrogen and oxygen atoms in total. The molecular weight excluding hydrogens is 352 g/mol. The molecule has 0 fully saturated rings. The number of aryl methyl sites for hydroxylation is 2. The van der Waals surface area contributed by atoms with E-state index < -0.39 is 11.9 Å². The summed E-state index contributed by atoms with van der Waals surface area (Å²) in [4.78, 5) is 16.9. The summed E-state index contributed by atoms with van der Waals surface area (Å²) in [7, 11) is 0. The first-order valence-corrected chi connectivity index (χ1v) is 8.41. The van der Waals surface area contributed by atoms with Crippen molar-refractivity contribution in [1.29, 1.82) is 0 Å². The second kappa shape index (κ2) is 5.77. The summed E-state index contributed by atoms with van der Waals surface area (Å²) in [6.07, 6.45) is 2.52. The topological polar surface area (TPSA) is 62.2 Å². The largest absolute Gasteiger partial charge is 0.481 e. The monoisotopic (exact) mass is 366 g/mol. The Morgan fingerprint density at radius 1 is 1.52 bits per heavy atom. The molecular formula is C15H15BrN2O2S. The van der Waals surface area contributed by atoms with E-state index in [4.69, 9.17) is 0 Å². The molecule has 0 spiro atoms. The SMILES string of the molecule is Cc1ccc(Br)c(Nc2nc3c(s2)CCCC3C(=O)O)c1. The number of rotatable bonds is 3. The quantitative estimate of drug-likeness (QED) is 0.841. The van der Waals surface area contributed by atoms with Crippen LogP contribution in [0.4, 0.5) is 10.8 Å². The number of hydrogen-bond donors (Lipinski definition) is 2. The van der Waals surface area contributed by atoms with Gasteiger partial charge in [0.05, 0.1) is 11.4 Å². The van der Waals surface area contributed by atoms with Crippen LogP contribution < -0.4 is 5.32 Å². The van der Waals surface area contributed by atoms with Gasteiger partial charge in [0, 0.05) is 9.35 Å². The van der Waals surface area contributed by atoms with Gasteiger partial charge in [-0.1, -0.05) is 6.07 Å². The Hall–Kier alpha value is -1.40. The predicted molar refractivity (Wildman–Crippen MR) is 87.6 cm³/mol. The fraction of sp³-hybridized carbons (Fsp3) is 0.333. The Morgan fingerprint density at radius 2 is 2.33 bits per heavy atom. The van der Waals surface area contributed by atoms with Gasteiger partial charge >= 0.3 is 5.97 Å². The van der Waals surface area contributed by atoms with Crippen molar-refractivity contribution in [2.24, 2.45) is 0 Å². The van der Waals surface area contributed by atoms with E-state index in [1.165, 1.54) is 0 Å². The lowest BCUT2D eigenvalue weighted by Crippen LogP contribution is -2.17. The van der Waals surface area contributed by atoms with Crippen LogP contribution in [0.15, 0.2) is 22.7 Å². The van der Waals surface area contributed by atoms with Crippen molar-refractivity contribution in [3.8, 4) is 0 Å². The summed E-state index contributed by atoms with van der Waals surface area (Å²) < 4.78 is 0.969. The minimum atomic E-state index is -0.774. The molecule has 1 atom stereocenters. The van der Waals surface area contributed by atoms with Crippen LogP contribution in [0.3, 0.4) is 0 Å². The fourth-order valence-corrected chi connectivity index (χ4v) is 3.99. The van der Waals surface area contributed by atoms with Crippen molar-refractivity contribution in [2.45, 2.75) is 32.1 Å². The van der Waals surface area contributed by atoms with Crippen LogP contribution in [0.5, 0.6) is 0 Å². The first kappa shape index (κ1) is 14.5. The molecule has 0 radical (unpaired) electrons. The van der Waals surface area contributed by atoms with Crippen LogP contribution in [0.2, 0.25) is 0 Å². The zero-order chi connectivity index (χ0) is 15.0. The molecule has 2 N–H and O–H groups in total. The van der Waals surface area contributed by atoms with Gasteiger partial charge in [0.25, 0.3) is 0 Å². The third-order valence-electron chi connectivity index (χ3n) is 3.62. The molecule has 1 heterocycles. The van der Waals surface area contributed by atoms with Gasteiger partial charge in [-0.3, -0.25) is 4.79 Å². The van der Waals surface area contributed by atoms with E-state index in [0.29, 0.717) is 6.42 Å². The molecule has 3 rings (SSSR count). The van der Waals surface area contributed by atoms with Crippen LogP contribution >= 0.6 is 27.3 Å². The second-order valence-electron chi connectivity index (χ2n) is 5.22. The molecule has 0 saturated carbocycles. The second-order valence-corrected chi connectivity index (χ2v) is 7.16. The average molecular weight is 367 g/mol. The minimum absolute atomic E-state index is 0.457. The Bertz CT molecular complexity index is 699. The Labute approximate surface area is 135 Å². The van der Waals surface area contributed by atoms with Crippen molar-refractivity contribution in [2.75, 3.05) is 5.32 Å². The predicted octanol–water partition coefficient (Wildman–Crippen LogP) is 4.46. The first-order valence-electron chi connectivity index (χ1n) is 6.80. The molecule has 2 aromatic rings. The molecule has 1 aromatic carbocycles. The maximum absolute atomic E-state index is 11.3. The van der Waals surface area contributed by atoms with Crippen molar-refractivity contribution in [1.82, 2.24) is 4.98 Å². The highest BCUT2D eigenvalue weighted by Gasteiger charge is 2.30. The maximum Gasteiger partial charge on any atom is 0.312 e. The van der Waals surface area contributed by atoms with Gasteiger partial charge in [-0.2, -0.15) is 0 Å². The molecule has 1 aromatic heterocycles. The number of carboxylic acid groups (broad SMARTS) is 1. The highest BCUT2D eigenvalue weighted by Crippen LogP contribution is 2.38. The number of anilines is 2. The Balaban J connectivity index is 1.91. The average Bonchev–Trinajstić information content (AvgIpc) is 2.84. The normalized spacial score (nSPS) is 17.3. The highest BCUT2D eigenvalue weighted by atomic mass is 79.9. The van der Waals surface area contributed by atoms with Crippen LogP contribution in [0.25, 0.3) is 0 Å². The van der Waals surface area contributed by atoms with Crippen molar-refractivity contribution < 1.29 is 9.90 Å². The molecule has 6 heteroatoms. The van der Waals surface area contributed by atoms with E-state index in [-0.39, 0.29) is 0 Å². The molecule has 0 aliphatic heterocycles. The lowest BCUT2D eigenvalue weighted by atomic mass is 9.91. The van der Waals surface area contributed by atoms with Gasteiger partial charge in [-0.25, -0.2) is 4.98 Å². The van der Waals surface area contributed by atoms with Gasteiger partial charge in [0.15, 0.2) is 5.13 Å². The fourth-order valence-electron chi connectivity index (χ4n) is 2.56. The first-order chi connectivity index (χ1) is 10.0. The number of carbonyl (C=O) groups is 1. The molecule has 1 aliphatic rings. The number of benzene rings is 1. The lowest BCUT2D eigenvalue weighted by Gasteiger charge is -2.16. The number of hydrogen-bond acceptors (Lipinski definition) is 4. The van der Waals surface area contributed by atoms with Crippen LogP contribution in [0, 0.1) is 6.92 Å². The van der Waals surface area contributed by atoms with E-state index in [9.17, 15) is 9.90 Å². The third-order valence-corrected chi connectivity index (χ3v) is 5.35. The Morgan fingerprint density at radius 3 is 3.10 bits per heavy atom. The number of carboxylic acids is 1. The molecule has 1 unspecified atom stereocenters. The third kappa shape index (κ3) is 2.96. The summed E-state index contributed by atoms with van der Waals surface area (Å²) in [5.41, 5.74) is 2.85. The Kier molecular flexibility index (Phi) is 3.99. The number of nitrogens with one attached hydrogen (secondary N) is 1. The minimum Gasteiger partial charge on any atom is -0.481 e. The molecule has 110 valence electrons. The smallest absolute Gasteiger partial charge is 0.312 e. The molecule has 1 aliphatic carbocycles. The molecule has 0 amide bonds. The van der Waals surface area contributed by atoms with Gasteiger partial charge in [-0.15, -0.1) is 11.3 Å². The van der Waals surface area contributed by atoms with E-state index >= 15 is 0 Å². The number of aromatic nitrogens is 1. The van der Waals surface area contributed by atoms with Crippen LogP contribution in [-0.2, 0) is 11.2 Å². The van der Waals surface area contributed by atoms with Gasteiger partial charge in [0.2, 0.25) is 0 Å². The van der Waals surface area contributed by atoms with E-state index in [1.54, 1.807) is 11.3 Å². The number of fused-ring (bicyclic) bond motifs is 1. The highest BCUT2D eigenvalue weighted by molar-refractivity contribution is 9.10. The van der Waals surface area contributed by atoms with Crippen molar-refractivity contribution in [3.63, 3.8) is 0 Å². The van der Waals surface area contributed by atoms with E-state index in [0.717, 1.165) is 44.3 Å². The zero-order valence-corrected chi connectivity index (χ0v) is 13.9. The van der Waals surface area contributed by atoms with Gasteiger partial charge in [-0.05, 0) is 59.8 Å². The summed E-state index contributed by atoms with van der Waals surface area (Å²) in [6.45, 7) is 2.03. The molecule has 0 bridgehead atoms.